The van der Waals surface area contributed by atoms with Crippen LogP contribution >= 0.6 is 15.9 Å². The van der Waals surface area contributed by atoms with E-state index in [-0.39, 0.29) is 24.0 Å². The zero-order chi connectivity index (χ0) is 21.0. The number of carbonyl (C=O) groups excluding carboxylic acids is 2. The van der Waals surface area contributed by atoms with E-state index in [1.807, 2.05) is 6.07 Å². The topological polar surface area (TPSA) is 124 Å². The van der Waals surface area contributed by atoms with E-state index >= 15 is 0 Å². The molecule has 0 aliphatic heterocycles. The summed E-state index contributed by atoms with van der Waals surface area (Å²) in [4.78, 5) is 31.9. The van der Waals surface area contributed by atoms with Gasteiger partial charge in [0.25, 0.3) is 11.8 Å². The van der Waals surface area contributed by atoms with Gasteiger partial charge >= 0.3 is 0 Å². The molecule has 0 aliphatic carbocycles. The molecule has 0 radical (unpaired) electrons. The smallest absolute Gasteiger partial charge is 0.271 e. The number of hydrogen-bond acceptors (Lipinski definition) is 5. The molecule has 0 spiro atoms. The van der Waals surface area contributed by atoms with Crippen molar-refractivity contribution in [2.45, 2.75) is 13.0 Å². The molecule has 0 saturated carbocycles. The molecule has 5 N–H and O–H groups in total. The summed E-state index contributed by atoms with van der Waals surface area (Å²) in [6.07, 6.45) is 1.78. The third-order valence-electron chi connectivity index (χ3n) is 4.11. The minimum absolute atomic E-state index is 0.0332. The first-order valence-corrected chi connectivity index (χ1v) is 9.35. The quantitative estimate of drug-likeness (QED) is 0.524. The molecule has 0 saturated heterocycles. The molecule has 1 heterocycles. The van der Waals surface area contributed by atoms with Gasteiger partial charge in [-0.25, -0.2) is 14.4 Å². The Morgan fingerprint density at radius 2 is 1.97 bits per heavy atom. The average molecular weight is 458 g/mol. The Kier molecular flexibility index (Phi) is 6.18. The van der Waals surface area contributed by atoms with Gasteiger partial charge in [-0.05, 0) is 35.9 Å². The standard InChI is InChI=1S/C20H17BrFN5O2/c21-14-4-5-16(22)13(8-14)9-26-20(29)12-3-1-2-11(6-12)7-15-10-25-18(23)17(27-15)19(24)28/h1-6,8,10H,7,9H2,(H2,23,25)(H2,24,28)(H,26,29). The van der Waals surface area contributed by atoms with Crippen LogP contribution in [0.3, 0.4) is 0 Å². The van der Waals surface area contributed by atoms with E-state index in [2.05, 4.69) is 31.2 Å². The van der Waals surface area contributed by atoms with Crippen molar-refractivity contribution in [2.75, 3.05) is 5.73 Å². The predicted octanol–water partition coefficient (Wildman–Crippen LogP) is 2.58. The number of anilines is 1. The van der Waals surface area contributed by atoms with Gasteiger partial charge in [-0.15, -0.1) is 0 Å². The molecule has 2 amide bonds. The normalized spacial score (nSPS) is 10.6. The number of aromatic nitrogens is 2. The van der Waals surface area contributed by atoms with Crippen LogP contribution < -0.4 is 16.8 Å². The Bertz CT molecular complexity index is 1090. The van der Waals surface area contributed by atoms with Crippen LogP contribution in [-0.4, -0.2) is 21.8 Å². The number of rotatable bonds is 6. The maximum absolute atomic E-state index is 13.8. The maximum atomic E-state index is 13.8. The molecular formula is C20H17BrFN5O2. The summed E-state index contributed by atoms with van der Waals surface area (Å²) in [5.41, 5.74) is 12.8. The Balaban J connectivity index is 1.72. The Morgan fingerprint density at radius 1 is 1.17 bits per heavy atom. The molecule has 0 bridgehead atoms. The van der Waals surface area contributed by atoms with E-state index in [4.69, 9.17) is 11.5 Å². The lowest BCUT2D eigenvalue weighted by atomic mass is 10.1. The zero-order valence-electron chi connectivity index (χ0n) is 15.2. The van der Waals surface area contributed by atoms with Gasteiger partial charge < -0.3 is 16.8 Å². The number of carbonyl (C=O) groups is 2. The number of nitrogen functional groups attached to an aromatic ring is 1. The molecule has 9 heteroatoms. The number of halogens is 2. The van der Waals surface area contributed by atoms with Gasteiger partial charge in [0.15, 0.2) is 11.5 Å². The Labute approximate surface area is 174 Å². The lowest BCUT2D eigenvalue weighted by Gasteiger charge is -2.09. The summed E-state index contributed by atoms with van der Waals surface area (Å²) in [6, 6.07) is 11.4. The maximum Gasteiger partial charge on any atom is 0.271 e. The van der Waals surface area contributed by atoms with Crippen molar-refractivity contribution in [3.8, 4) is 0 Å². The van der Waals surface area contributed by atoms with Gasteiger partial charge in [0.1, 0.15) is 5.82 Å². The van der Waals surface area contributed by atoms with Gasteiger partial charge in [-0.1, -0.05) is 28.1 Å². The fraction of sp³-hybridized carbons (Fsp3) is 0.100. The van der Waals surface area contributed by atoms with Gasteiger partial charge in [-0.3, -0.25) is 9.59 Å². The summed E-state index contributed by atoms with van der Waals surface area (Å²) in [5.74, 6) is -1.53. The second-order valence-electron chi connectivity index (χ2n) is 6.26. The van der Waals surface area contributed by atoms with Gasteiger partial charge in [-0.2, -0.15) is 0 Å². The lowest BCUT2D eigenvalue weighted by molar-refractivity contribution is 0.0949. The fourth-order valence-electron chi connectivity index (χ4n) is 2.69. The molecular weight excluding hydrogens is 441 g/mol. The van der Waals surface area contributed by atoms with Crippen LogP contribution in [0.5, 0.6) is 0 Å². The van der Waals surface area contributed by atoms with E-state index < -0.39 is 11.7 Å². The second kappa shape index (κ2) is 8.78. The summed E-state index contributed by atoms with van der Waals surface area (Å²) in [6.45, 7) is 0.0553. The predicted molar refractivity (Wildman–Crippen MR) is 109 cm³/mol. The van der Waals surface area contributed by atoms with E-state index in [1.165, 1.54) is 12.3 Å². The number of amides is 2. The number of hydrogen-bond donors (Lipinski definition) is 3. The summed E-state index contributed by atoms with van der Waals surface area (Å²) < 4.78 is 14.5. The third-order valence-corrected chi connectivity index (χ3v) is 4.60. The number of benzene rings is 2. The van der Waals surface area contributed by atoms with E-state index in [0.717, 1.165) is 10.0 Å². The second-order valence-corrected chi connectivity index (χ2v) is 7.17. The van der Waals surface area contributed by atoms with Crippen LogP contribution in [-0.2, 0) is 13.0 Å². The zero-order valence-corrected chi connectivity index (χ0v) is 16.7. The molecule has 0 unspecified atom stereocenters. The van der Waals surface area contributed by atoms with Crippen LogP contribution in [0.25, 0.3) is 0 Å². The van der Waals surface area contributed by atoms with E-state index in [1.54, 1.807) is 30.3 Å². The third kappa shape index (κ3) is 5.14. The highest BCUT2D eigenvalue weighted by molar-refractivity contribution is 9.10. The minimum atomic E-state index is -0.759. The van der Waals surface area contributed by atoms with Crippen molar-refractivity contribution < 1.29 is 14.0 Å². The number of primary amides is 1. The van der Waals surface area contributed by atoms with Crippen molar-refractivity contribution in [3.05, 3.63) is 87.0 Å². The summed E-state index contributed by atoms with van der Waals surface area (Å²) in [7, 11) is 0. The van der Waals surface area contributed by atoms with Gasteiger partial charge in [0, 0.05) is 28.6 Å². The van der Waals surface area contributed by atoms with Crippen LogP contribution in [0.15, 0.2) is 53.1 Å². The number of nitrogens with two attached hydrogens (primary N) is 2. The molecule has 148 valence electrons. The van der Waals surface area contributed by atoms with Gasteiger partial charge in [0.05, 0.1) is 11.9 Å². The Morgan fingerprint density at radius 3 is 2.72 bits per heavy atom. The first kappa shape index (κ1) is 20.4. The van der Waals surface area contributed by atoms with Gasteiger partial charge in [0.2, 0.25) is 0 Å². The Hall–Kier alpha value is -3.33. The van der Waals surface area contributed by atoms with Crippen LogP contribution in [0.2, 0.25) is 0 Å². The fourth-order valence-corrected chi connectivity index (χ4v) is 3.10. The molecule has 29 heavy (non-hydrogen) atoms. The average Bonchev–Trinajstić information content (AvgIpc) is 2.70. The van der Waals surface area contributed by atoms with Crippen molar-refractivity contribution in [3.63, 3.8) is 0 Å². The minimum Gasteiger partial charge on any atom is -0.382 e. The van der Waals surface area contributed by atoms with Crippen LogP contribution in [0.1, 0.15) is 37.7 Å². The van der Waals surface area contributed by atoms with Crippen molar-refractivity contribution >= 4 is 33.6 Å². The first-order chi connectivity index (χ1) is 13.8. The van der Waals surface area contributed by atoms with E-state index in [0.29, 0.717) is 23.2 Å². The SMILES string of the molecule is NC(=O)c1nc(Cc2cccc(C(=O)NCc3cc(Br)ccc3F)c2)cnc1N. The monoisotopic (exact) mass is 457 g/mol. The highest BCUT2D eigenvalue weighted by Crippen LogP contribution is 2.16. The number of nitrogens with one attached hydrogen (secondary N) is 1. The highest BCUT2D eigenvalue weighted by Gasteiger charge is 2.12. The van der Waals surface area contributed by atoms with Crippen molar-refractivity contribution in [1.29, 1.82) is 0 Å². The molecule has 0 aliphatic rings. The van der Waals surface area contributed by atoms with Crippen molar-refractivity contribution in [1.82, 2.24) is 15.3 Å². The lowest BCUT2D eigenvalue weighted by Crippen LogP contribution is -2.23. The summed E-state index contributed by atoms with van der Waals surface area (Å²) >= 11 is 3.28. The molecule has 2 aromatic carbocycles. The highest BCUT2D eigenvalue weighted by atomic mass is 79.9. The largest absolute Gasteiger partial charge is 0.382 e. The summed E-state index contributed by atoms with van der Waals surface area (Å²) in [5, 5.41) is 2.70. The number of nitrogens with zero attached hydrogens (tertiary/aromatic N) is 2. The van der Waals surface area contributed by atoms with Crippen molar-refractivity contribution in [2.24, 2.45) is 5.73 Å². The molecule has 0 fully saturated rings. The molecule has 3 rings (SSSR count). The molecule has 1 aromatic heterocycles. The molecule has 3 aromatic rings. The molecule has 7 nitrogen and oxygen atoms in total. The molecule has 0 atom stereocenters. The van der Waals surface area contributed by atoms with Crippen LogP contribution in [0, 0.1) is 5.82 Å². The van der Waals surface area contributed by atoms with E-state index in [9.17, 15) is 14.0 Å². The van der Waals surface area contributed by atoms with Crippen LogP contribution in [0.4, 0.5) is 10.2 Å². The first-order valence-electron chi connectivity index (χ1n) is 8.55.